The molecule has 0 saturated carbocycles. The highest BCUT2D eigenvalue weighted by Gasteiger charge is 2.37. The van der Waals surface area contributed by atoms with E-state index in [4.69, 9.17) is 0 Å². The molecule has 0 unspecified atom stereocenters. The van der Waals surface area contributed by atoms with Gasteiger partial charge in [-0.25, -0.2) is 0 Å². The van der Waals surface area contributed by atoms with E-state index in [0.717, 1.165) is 29.0 Å². The zero-order valence-electron chi connectivity index (χ0n) is 11.7. The van der Waals surface area contributed by atoms with E-state index < -0.39 is 0 Å². The number of nitrogens with zero attached hydrogens (tertiary/aromatic N) is 1. The number of hydrogen-bond donors (Lipinski definition) is 4. The molecule has 2 aliphatic heterocycles. The molecule has 1 aliphatic carbocycles. The van der Waals surface area contributed by atoms with Gasteiger partial charge in [0.1, 0.15) is 5.70 Å². The number of fused-ring (bicyclic) bond motifs is 4. The largest absolute Gasteiger partial charge is 0.504 e. The van der Waals surface area contributed by atoms with Gasteiger partial charge in [0.15, 0.2) is 17.1 Å². The fourth-order valence-electron chi connectivity index (χ4n) is 3.13. The lowest BCUT2D eigenvalue weighted by atomic mass is 9.86. The van der Waals surface area contributed by atoms with Crippen LogP contribution in [0.3, 0.4) is 0 Å². The van der Waals surface area contributed by atoms with Gasteiger partial charge in [0, 0.05) is 24.6 Å². The molecule has 0 amide bonds. The minimum Gasteiger partial charge on any atom is -0.504 e. The van der Waals surface area contributed by atoms with Crippen LogP contribution in [-0.4, -0.2) is 31.9 Å². The molecule has 4 rings (SSSR count). The molecule has 5 heteroatoms. The standard InChI is InChI=1S/C17H13NO4/c19-14-2-1-9-5-13-11-7-16(21)15(20)6-10(11)3-4-18(13)8-12(9)17(14)22/h1-2,5-6H,3-4,8H2,(H3-,19,20,21,22)/p+1. The number of rotatable bonds is 0. The molecule has 22 heavy (non-hydrogen) atoms. The molecule has 5 nitrogen and oxygen atoms in total. The number of piperidine rings is 1. The van der Waals surface area contributed by atoms with Gasteiger partial charge in [-0.2, -0.15) is 0 Å². The summed E-state index contributed by atoms with van der Waals surface area (Å²) < 4.78 is 0. The molecule has 1 aromatic rings. The molecule has 0 spiro atoms. The highest BCUT2D eigenvalue weighted by molar-refractivity contribution is 5.71. The third kappa shape index (κ3) is 1.70. The van der Waals surface area contributed by atoms with Gasteiger partial charge in [-0.05, 0) is 17.7 Å². The highest BCUT2D eigenvalue weighted by atomic mass is 16.3. The van der Waals surface area contributed by atoms with Gasteiger partial charge in [0.25, 0.3) is 0 Å². The Hall–Kier alpha value is -2.91. The summed E-state index contributed by atoms with van der Waals surface area (Å²) in [5.41, 5.74) is 4.11. The van der Waals surface area contributed by atoms with Gasteiger partial charge in [-0.3, -0.25) is 0 Å². The van der Waals surface area contributed by atoms with Gasteiger partial charge < -0.3 is 25.3 Å². The molecule has 1 fully saturated rings. The maximum atomic E-state index is 10.0. The fourth-order valence-corrected chi connectivity index (χ4v) is 3.13. The molecule has 0 radical (unpaired) electrons. The summed E-state index contributed by atoms with van der Waals surface area (Å²) >= 11 is 0. The Morgan fingerprint density at radius 3 is 2.68 bits per heavy atom. The van der Waals surface area contributed by atoms with Gasteiger partial charge in [-0.15, -0.1) is 0 Å². The summed E-state index contributed by atoms with van der Waals surface area (Å²) in [7, 11) is 0. The number of phenolic OH excluding ortho intramolecular Hbond substituents is 2. The number of aromatic hydroxyl groups is 2. The Balaban J connectivity index is 1.88. The second-order valence-corrected chi connectivity index (χ2v) is 5.61. The van der Waals surface area contributed by atoms with Crippen LogP contribution in [0.5, 0.6) is 11.5 Å². The van der Waals surface area contributed by atoms with Crippen LogP contribution in [0.1, 0.15) is 17.5 Å². The van der Waals surface area contributed by atoms with Crippen LogP contribution in [0.2, 0.25) is 0 Å². The van der Waals surface area contributed by atoms with E-state index in [2.05, 4.69) is 11.0 Å². The smallest absolute Gasteiger partial charge is 0.300 e. The average molecular weight is 296 g/mol. The van der Waals surface area contributed by atoms with E-state index in [9.17, 15) is 20.4 Å². The van der Waals surface area contributed by atoms with Crippen molar-refractivity contribution in [3.8, 4) is 11.5 Å². The lowest BCUT2D eigenvalue weighted by molar-refractivity contribution is 0.312. The van der Waals surface area contributed by atoms with Gasteiger partial charge in [0.05, 0.1) is 24.3 Å². The molecular formula is C17H14NO4+. The predicted octanol–water partition coefficient (Wildman–Crippen LogP) is 2.66. The Labute approximate surface area is 127 Å². The topological polar surface area (TPSA) is 84.2 Å². The van der Waals surface area contributed by atoms with E-state index in [1.54, 1.807) is 12.1 Å². The summed E-state index contributed by atoms with van der Waals surface area (Å²) in [6.07, 6.45) is 7.03. The number of phenols is 2. The van der Waals surface area contributed by atoms with Crippen LogP contribution in [0, 0.1) is 6.08 Å². The monoisotopic (exact) mass is 296 g/mol. The van der Waals surface area contributed by atoms with Gasteiger partial charge in [-0.1, -0.05) is 0 Å². The Kier molecular flexibility index (Phi) is 2.50. The summed E-state index contributed by atoms with van der Waals surface area (Å²) in [5, 5.41) is 39.0. The molecule has 0 bridgehead atoms. The molecule has 1 saturated heterocycles. The first-order valence-electron chi connectivity index (χ1n) is 7.02. The summed E-state index contributed by atoms with van der Waals surface area (Å²) in [6.45, 7) is 1.21. The molecule has 3 aliphatic rings. The minimum atomic E-state index is -0.263. The third-order valence-electron chi connectivity index (χ3n) is 4.30. The molecule has 110 valence electrons. The van der Waals surface area contributed by atoms with E-state index in [0.29, 0.717) is 18.5 Å². The van der Waals surface area contributed by atoms with Crippen molar-refractivity contribution >= 4 is 6.08 Å². The average Bonchev–Trinajstić information content (AvgIpc) is 2.51. The van der Waals surface area contributed by atoms with Crippen LogP contribution in [0.25, 0.3) is 6.08 Å². The normalized spacial score (nSPS) is 19.3. The number of hydrogen-bond acceptors (Lipinski definition) is 5. The summed E-state index contributed by atoms with van der Waals surface area (Å²) in [6, 6.07) is 3.21. The SMILES string of the molecule is OC1=C(O)C=C2CCN3Cc4c(ccc(O)c4O)C=C3C2=[C+]1. The van der Waals surface area contributed by atoms with Crippen molar-refractivity contribution in [2.24, 2.45) is 0 Å². The molecule has 4 N–H and O–H groups in total. The van der Waals surface area contributed by atoms with E-state index >= 15 is 0 Å². The second kappa shape index (κ2) is 4.29. The van der Waals surface area contributed by atoms with E-state index in [-0.39, 0.29) is 23.0 Å². The Bertz CT molecular complexity index is 814. The zero-order valence-corrected chi connectivity index (χ0v) is 11.7. The zero-order chi connectivity index (χ0) is 15.4. The first kappa shape index (κ1) is 12.8. The fraction of sp³-hybridized carbons (Fsp3) is 0.176. The van der Waals surface area contributed by atoms with Crippen molar-refractivity contribution in [1.29, 1.82) is 0 Å². The van der Waals surface area contributed by atoms with E-state index in [1.807, 2.05) is 6.08 Å². The number of allylic oxidation sites excluding steroid dienone is 3. The minimum absolute atomic E-state index is 0.0869. The number of aliphatic hydroxyl groups is 2. The van der Waals surface area contributed by atoms with E-state index in [1.165, 1.54) is 6.07 Å². The molecule has 0 atom stereocenters. The lowest BCUT2D eigenvalue weighted by Gasteiger charge is -2.33. The van der Waals surface area contributed by atoms with Gasteiger partial charge >= 0.3 is 5.76 Å². The van der Waals surface area contributed by atoms with Crippen LogP contribution in [0.4, 0.5) is 0 Å². The Morgan fingerprint density at radius 2 is 1.86 bits per heavy atom. The first-order chi connectivity index (χ1) is 10.5. The van der Waals surface area contributed by atoms with Crippen LogP contribution in [0.15, 0.2) is 46.6 Å². The third-order valence-corrected chi connectivity index (χ3v) is 4.30. The first-order valence-corrected chi connectivity index (χ1v) is 7.02. The molecule has 2 heterocycles. The van der Waals surface area contributed by atoms with Crippen molar-refractivity contribution in [3.63, 3.8) is 0 Å². The predicted molar refractivity (Wildman–Crippen MR) is 79.9 cm³/mol. The van der Waals surface area contributed by atoms with Crippen LogP contribution in [-0.2, 0) is 6.54 Å². The van der Waals surface area contributed by atoms with Crippen molar-refractivity contribution < 1.29 is 20.4 Å². The van der Waals surface area contributed by atoms with Crippen molar-refractivity contribution in [2.45, 2.75) is 13.0 Å². The summed E-state index contributed by atoms with van der Waals surface area (Å²) in [5.74, 6) is -0.634. The lowest BCUT2D eigenvalue weighted by Crippen LogP contribution is -2.33. The number of aliphatic hydroxyl groups excluding tert-OH is 2. The van der Waals surface area contributed by atoms with Crippen molar-refractivity contribution in [3.05, 3.63) is 63.8 Å². The van der Waals surface area contributed by atoms with Crippen molar-refractivity contribution in [2.75, 3.05) is 6.54 Å². The number of benzene rings is 1. The maximum absolute atomic E-state index is 10.0. The van der Waals surface area contributed by atoms with Crippen LogP contribution >= 0.6 is 0 Å². The highest BCUT2D eigenvalue weighted by Crippen LogP contribution is 2.43. The Morgan fingerprint density at radius 1 is 1.05 bits per heavy atom. The molecule has 0 aromatic heterocycles. The van der Waals surface area contributed by atoms with Gasteiger partial charge in [0.2, 0.25) is 5.76 Å². The maximum Gasteiger partial charge on any atom is 0.300 e. The quantitative estimate of drug-likeness (QED) is 0.437. The molecule has 1 aromatic carbocycles. The van der Waals surface area contributed by atoms with Crippen LogP contribution < -0.4 is 0 Å². The second-order valence-electron chi connectivity index (χ2n) is 5.61. The molecular weight excluding hydrogens is 282 g/mol. The van der Waals surface area contributed by atoms with Crippen molar-refractivity contribution in [1.82, 2.24) is 4.90 Å². The summed E-state index contributed by atoms with van der Waals surface area (Å²) in [4.78, 5) is 2.07.